The van der Waals surface area contributed by atoms with Crippen LogP contribution in [0.15, 0.2) is 18.2 Å². The van der Waals surface area contributed by atoms with Gasteiger partial charge in [0.15, 0.2) is 0 Å². The zero-order chi connectivity index (χ0) is 12.4. The van der Waals surface area contributed by atoms with Crippen molar-refractivity contribution in [2.24, 2.45) is 11.8 Å². The van der Waals surface area contributed by atoms with Crippen molar-refractivity contribution in [2.45, 2.75) is 32.4 Å². The third-order valence-corrected chi connectivity index (χ3v) is 3.47. The minimum absolute atomic E-state index is 0.0538. The fraction of sp³-hybridized carbons (Fsp3) is 0.538. The van der Waals surface area contributed by atoms with Crippen molar-refractivity contribution in [1.82, 2.24) is 5.43 Å². The molecule has 3 atom stereocenters. The van der Waals surface area contributed by atoms with Crippen LogP contribution in [-0.4, -0.2) is 12.7 Å². The van der Waals surface area contributed by atoms with Crippen LogP contribution in [0.25, 0.3) is 0 Å². The molecule has 1 aromatic rings. The second-order valence-corrected chi connectivity index (χ2v) is 4.73. The molecule has 0 spiro atoms. The number of nitrogens with one attached hydrogen (secondary N) is 1. The Morgan fingerprint density at radius 2 is 2.24 bits per heavy atom. The Bertz CT molecular complexity index is 377. The second kappa shape index (κ2) is 5.12. The van der Waals surface area contributed by atoms with Crippen LogP contribution >= 0.6 is 0 Å². The van der Waals surface area contributed by atoms with E-state index in [0.29, 0.717) is 5.92 Å². The molecule has 1 saturated heterocycles. The second-order valence-electron chi connectivity index (χ2n) is 4.73. The van der Waals surface area contributed by atoms with Gasteiger partial charge in [-0.1, -0.05) is 6.07 Å². The Kier molecular flexibility index (Phi) is 3.76. The van der Waals surface area contributed by atoms with Crippen LogP contribution in [-0.2, 0) is 4.74 Å². The van der Waals surface area contributed by atoms with E-state index in [1.165, 1.54) is 6.07 Å². The molecule has 3 N–H and O–H groups in total. The molecule has 0 saturated carbocycles. The van der Waals surface area contributed by atoms with Crippen molar-refractivity contribution in [1.29, 1.82) is 0 Å². The van der Waals surface area contributed by atoms with Crippen molar-refractivity contribution in [3.8, 4) is 0 Å². The topological polar surface area (TPSA) is 47.3 Å². The van der Waals surface area contributed by atoms with Gasteiger partial charge in [-0.2, -0.15) is 0 Å². The maximum atomic E-state index is 13.4. The van der Waals surface area contributed by atoms with E-state index >= 15 is 0 Å². The van der Waals surface area contributed by atoms with Gasteiger partial charge in [-0.25, -0.2) is 4.39 Å². The van der Waals surface area contributed by atoms with Gasteiger partial charge < -0.3 is 4.74 Å². The first-order valence-corrected chi connectivity index (χ1v) is 5.96. The third kappa shape index (κ3) is 2.65. The Morgan fingerprint density at radius 1 is 1.47 bits per heavy atom. The molecule has 0 aromatic heterocycles. The zero-order valence-electron chi connectivity index (χ0n) is 10.2. The first-order valence-electron chi connectivity index (χ1n) is 5.96. The number of hydrogen-bond donors (Lipinski definition) is 2. The summed E-state index contributed by atoms with van der Waals surface area (Å²) in [6.45, 7) is 4.67. The monoisotopic (exact) mass is 238 g/mol. The van der Waals surface area contributed by atoms with Crippen molar-refractivity contribution in [3.05, 3.63) is 35.1 Å². The maximum Gasteiger partial charge on any atom is 0.123 e. The number of ether oxygens (including phenoxy) is 1. The fourth-order valence-electron chi connectivity index (χ4n) is 2.60. The van der Waals surface area contributed by atoms with Gasteiger partial charge in [0.05, 0.1) is 12.1 Å². The molecule has 1 aliphatic heterocycles. The summed E-state index contributed by atoms with van der Waals surface area (Å²) in [4.78, 5) is 0. The Labute approximate surface area is 101 Å². The molecule has 0 radical (unpaired) electrons. The van der Waals surface area contributed by atoms with Crippen molar-refractivity contribution in [2.75, 3.05) is 6.61 Å². The van der Waals surface area contributed by atoms with E-state index in [4.69, 9.17) is 10.6 Å². The summed E-state index contributed by atoms with van der Waals surface area (Å²) in [7, 11) is 0. The van der Waals surface area contributed by atoms with Gasteiger partial charge in [0.25, 0.3) is 0 Å². The molecule has 94 valence electrons. The summed E-state index contributed by atoms with van der Waals surface area (Å²) in [5.74, 6) is 5.70. The summed E-state index contributed by atoms with van der Waals surface area (Å²) >= 11 is 0. The summed E-state index contributed by atoms with van der Waals surface area (Å²) < 4.78 is 18.9. The van der Waals surface area contributed by atoms with Crippen LogP contribution in [0.1, 0.15) is 30.5 Å². The maximum absolute atomic E-state index is 13.4. The molecule has 0 amide bonds. The minimum atomic E-state index is -0.216. The number of hydrogen-bond acceptors (Lipinski definition) is 3. The lowest BCUT2D eigenvalue weighted by atomic mass is 9.88. The van der Waals surface area contributed by atoms with Gasteiger partial charge in [-0.05, 0) is 43.5 Å². The van der Waals surface area contributed by atoms with E-state index < -0.39 is 0 Å². The van der Waals surface area contributed by atoms with Gasteiger partial charge in [-0.15, -0.1) is 0 Å². The fourth-order valence-corrected chi connectivity index (χ4v) is 2.60. The largest absolute Gasteiger partial charge is 0.378 e. The Balaban J connectivity index is 2.28. The number of rotatable bonds is 3. The number of nitrogens with two attached hydrogens (primary N) is 1. The molecule has 1 heterocycles. The van der Waals surface area contributed by atoms with Crippen LogP contribution in [0.4, 0.5) is 4.39 Å². The van der Waals surface area contributed by atoms with E-state index in [9.17, 15) is 4.39 Å². The molecule has 4 heteroatoms. The van der Waals surface area contributed by atoms with Crippen molar-refractivity contribution < 1.29 is 9.13 Å². The number of benzene rings is 1. The van der Waals surface area contributed by atoms with Gasteiger partial charge in [0, 0.05) is 12.5 Å². The molecular formula is C13H19FN2O. The molecule has 3 unspecified atom stereocenters. The lowest BCUT2D eigenvalue weighted by Crippen LogP contribution is -2.36. The van der Waals surface area contributed by atoms with Crippen LogP contribution in [0.3, 0.4) is 0 Å². The number of halogens is 1. The quantitative estimate of drug-likeness (QED) is 0.626. The summed E-state index contributed by atoms with van der Waals surface area (Å²) in [5.41, 5.74) is 4.60. The number of hydrazine groups is 1. The van der Waals surface area contributed by atoms with Crippen LogP contribution in [0.5, 0.6) is 0 Å². The average Bonchev–Trinajstić information content (AvgIpc) is 2.65. The molecular weight excluding hydrogens is 219 g/mol. The van der Waals surface area contributed by atoms with Gasteiger partial charge in [-0.3, -0.25) is 11.3 Å². The standard InChI is InChI=1S/C13H19FN2O/c1-8-5-10(7-11(14)6-8)13(16-15)12-3-4-17-9(12)2/h5-7,9,12-13,16H,3-4,15H2,1-2H3. The highest BCUT2D eigenvalue weighted by molar-refractivity contribution is 5.27. The Morgan fingerprint density at radius 3 is 2.76 bits per heavy atom. The van der Waals surface area contributed by atoms with E-state index in [0.717, 1.165) is 24.2 Å². The van der Waals surface area contributed by atoms with E-state index in [1.807, 2.05) is 19.9 Å². The molecule has 1 aromatic carbocycles. The summed E-state index contributed by atoms with van der Waals surface area (Å²) in [5, 5.41) is 0. The van der Waals surface area contributed by atoms with Gasteiger partial charge >= 0.3 is 0 Å². The lowest BCUT2D eigenvalue weighted by molar-refractivity contribution is 0.0953. The van der Waals surface area contributed by atoms with E-state index in [1.54, 1.807) is 6.07 Å². The molecule has 17 heavy (non-hydrogen) atoms. The van der Waals surface area contributed by atoms with E-state index in [2.05, 4.69) is 5.43 Å². The molecule has 0 bridgehead atoms. The molecule has 3 nitrogen and oxygen atoms in total. The van der Waals surface area contributed by atoms with Crippen molar-refractivity contribution >= 4 is 0 Å². The highest BCUT2D eigenvalue weighted by Gasteiger charge is 2.32. The van der Waals surface area contributed by atoms with E-state index in [-0.39, 0.29) is 18.0 Å². The highest BCUT2D eigenvalue weighted by Crippen LogP contribution is 2.33. The van der Waals surface area contributed by atoms with Gasteiger partial charge in [0.1, 0.15) is 5.82 Å². The molecule has 1 aliphatic rings. The minimum Gasteiger partial charge on any atom is -0.378 e. The number of aryl methyl sites for hydroxylation is 1. The average molecular weight is 238 g/mol. The lowest BCUT2D eigenvalue weighted by Gasteiger charge is -2.25. The predicted molar refractivity (Wildman–Crippen MR) is 64.7 cm³/mol. The first kappa shape index (κ1) is 12.5. The molecule has 2 rings (SSSR count). The first-order chi connectivity index (χ1) is 8.11. The molecule has 1 fully saturated rings. The zero-order valence-corrected chi connectivity index (χ0v) is 10.2. The van der Waals surface area contributed by atoms with Crippen LogP contribution in [0.2, 0.25) is 0 Å². The Hall–Kier alpha value is -0.970. The van der Waals surface area contributed by atoms with Crippen molar-refractivity contribution in [3.63, 3.8) is 0 Å². The van der Waals surface area contributed by atoms with Crippen LogP contribution in [0, 0.1) is 18.7 Å². The normalized spacial score (nSPS) is 26.1. The SMILES string of the molecule is Cc1cc(F)cc(C(NN)C2CCOC2C)c1. The third-order valence-electron chi connectivity index (χ3n) is 3.47. The smallest absolute Gasteiger partial charge is 0.123 e. The van der Waals surface area contributed by atoms with Crippen LogP contribution < -0.4 is 11.3 Å². The molecule has 0 aliphatic carbocycles. The van der Waals surface area contributed by atoms with Gasteiger partial charge in [0.2, 0.25) is 0 Å². The highest BCUT2D eigenvalue weighted by atomic mass is 19.1. The predicted octanol–water partition coefficient (Wildman–Crippen LogP) is 2.06. The summed E-state index contributed by atoms with van der Waals surface area (Å²) in [6.07, 6.45) is 1.10. The summed E-state index contributed by atoms with van der Waals surface area (Å²) in [6, 6.07) is 4.98.